The van der Waals surface area contributed by atoms with Gasteiger partial charge in [0.15, 0.2) is 5.75 Å². The molecule has 0 atom stereocenters. The number of rotatable bonds is 2. The van der Waals surface area contributed by atoms with E-state index in [0.29, 0.717) is 0 Å². The molecule has 0 N–H and O–H groups in total. The highest BCUT2D eigenvalue weighted by Crippen LogP contribution is 2.34. The Bertz CT molecular complexity index is 547. The van der Waals surface area contributed by atoms with Crippen LogP contribution >= 0.6 is 0 Å². The van der Waals surface area contributed by atoms with Crippen LogP contribution in [0.25, 0.3) is 10.8 Å². The first kappa shape index (κ1) is 11.9. The molecule has 1 fully saturated rings. The predicted octanol–water partition coefficient (Wildman–Crippen LogP) is 2.86. The smallest absolute Gasteiger partial charge is 0.204 e. The Labute approximate surface area is 110 Å². The Morgan fingerprint density at radius 2 is 1.83 bits per heavy atom. The van der Waals surface area contributed by atoms with Crippen molar-refractivity contribution in [3.63, 3.8) is 0 Å². The molecule has 0 unspecified atom stereocenters. The summed E-state index contributed by atoms with van der Waals surface area (Å²) in [6, 6.07) is 12.8. The van der Waals surface area contributed by atoms with Gasteiger partial charge in [-0.25, -0.2) is 0 Å². The molecule has 18 heavy (non-hydrogen) atoms. The van der Waals surface area contributed by atoms with E-state index in [-0.39, 0.29) is 10.9 Å². The molecule has 0 radical (unpaired) electrons. The highest BCUT2D eigenvalue weighted by Gasteiger charge is 2.30. The predicted molar refractivity (Wildman–Crippen MR) is 76.7 cm³/mol. The van der Waals surface area contributed by atoms with Gasteiger partial charge in [0.2, 0.25) is 4.90 Å². The van der Waals surface area contributed by atoms with Crippen molar-refractivity contribution in [2.45, 2.75) is 4.90 Å². The van der Waals surface area contributed by atoms with Gasteiger partial charge in [-0.15, -0.1) is 0 Å². The fourth-order valence-electron chi connectivity index (χ4n) is 2.41. The molecular weight excluding hydrogens is 244 g/mol. The molecule has 1 aliphatic rings. The highest BCUT2D eigenvalue weighted by molar-refractivity contribution is 7.97. The topological polar surface area (TPSA) is 18.5 Å². The van der Waals surface area contributed by atoms with Crippen LogP contribution in [0.4, 0.5) is 0 Å². The zero-order valence-corrected chi connectivity index (χ0v) is 11.3. The van der Waals surface area contributed by atoms with E-state index in [9.17, 15) is 0 Å². The van der Waals surface area contributed by atoms with Crippen molar-refractivity contribution < 1.29 is 9.47 Å². The van der Waals surface area contributed by atoms with E-state index in [0.717, 1.165) is 30.5 Å². The Hall–Kier alpha value is -1.19. The Kier molecular flexibility index (Phi) is 3.43. The van der Waals surface area contributed by atoms with Gasteiger partial charge in [0.25, 0.3) is 0 Å². The minimum absolute atomic E-state index is 0.256. The average Bonchev–Trinajstić information content (AvgIpc) is 2.47. The molecule has 1 heterocycles. The van der Waals surface area contributed by atoms with Crippen LogP contribution in [0.1, 0.15) is 0 Å². The summed E-state index contributed by atoms with van der Waals surface area (Å²) in [6.45, 7) is 1.74. The maximum Gasteiger partial charge on any atom is 0.204 e. The van der Waals surface area contributed by atoms with Crippen molar-refractivity contribution in [1.29, 1.82) is 0 Å². The molecule has 0 amide bonds. The molecule has 0 aromatic heterocycles. The third-order valence-electron chi connectivity index (χ3n) is 3.30. The minimum Gasteiger partial charge on any atom is -0.492 e. The van der Waals surface area contributed by atoms with Crippen molar-refractivity contribution in [2.24, 2.45) is 0 Å². The quantitative estimate of drug-likeness (QED) is 0.774. The lowest BCUT2D eigenvalue weighted by molar-refractivity contribution is 0.159. The van der Waals surface area contributed by atoms with Crippen LogP contribution in [0.15, 0.2) is 41.3 Å². The molecule has 1 saturated heterocycles. The van der Waals surface area contributed by atoms with Gasteiger partial charge in [0, 0.05) is 16.3 Å². The number of ether oxygens (including phenoxy) is 2. The lowest BCUT2D eigenvalue weighted by atomic mass is 10.1. The molecule has 2 aromatic rings. The summed E-state index contributed by atoms with van der Waals surface area (Å²) in [5, 5.41) is 2.63. The molecule has 1 aliphatic heterocycles. The molecule has 0 bridgehead atoms. The van der Waals surface area contributed by atoms with E-state index >= 15 is 0 Å². The minimum atomic E-state index is 0.256. The lowest BCUT2D eigenvalue weighted by Crippen LogP contribution is -2.26. The fraction of sp³-hybridized carbons (Fsp3) is 0.333. The van der Waals surface area contributed by atoms with Crippen LogP contribution < -0.4 is 4.74 Å². The first-order valence-electron chi connectivity index (χ1n) is 6.21. The van der Waals surface area contributed by atoms with Crippen molar-refractivity contribution >= 4 is 21.7 Å². The molecule has 0 spiro atoms. The van der Waals surface area contributed by atoms with Crippen LogP contribution in [-0.4, -0.2) is 31.8 Å². The highest BCUT2D eigenvalue weighted by atomic mass is 32.2. The van der Waals surface area contributed by atoms with Crippen LogP contribution in [0, 0.1) is 0 Å². The number of benzene rings is 2. The van der Waals surface area contributed by atoms with E-state index in [1.54, 1.807) is 7.11 Å². The zero-order chi connectivity index (χ0) is 12.4. The average molecular weight is 261 g/mol. The largest absolute Gasteiger partial charge is 0.492 e. The molecule has 0 aliphatic carbocycles. The maximum absolute atomic E-state index is 5.57. The molecule has 0 saturated carbocycles. The van der Waals surface area contributed by atoms with Gasteiger partial charge in [-0.1, -0.05) is 24.3 Å². The third kappa shape index (κ3) is 2.08. The fourth-order valence-corrected chi connectivity index (χ4v) is 4.59. The molecule has 3 heteroatoms. The first-order valence-corrected chi connectivity index (χ1v) is 7.77. The number of methoxy groups -OCH3 is 1. The molecule has 2 aromatic carbocycles. The zero-order valence-electron chi connectivity index (χ0n) is 10.5. The Balaban J connectivity index is 2.16. The van der Waals surface area contributed by atoms with E-state index in [1.807, 2.05) is 0 Å². The van der Waals surface area contributed by atoms with Gasteiger partial charge >= 0.3 is 0 Å². The summed E-state index contributed by atoms with van der Waals surface area (Å²) in [5.74, 6) is 3.26. The van der Waals surface area contributed by atoms with Gasteiger partial charge in [0.05, 0.1) is 20.3 Å². The van der Waals surface area contributed by atoms with E-state index in [2.05, 4.69) is 36.4 Å². The second kappa shape index (κ2) is 5.21. The van der Waals surface area contributed by atoms with Gasteiger partial charge in [0.1, 0.15) is 11.5 Å². The summed E-state index contributed by atoms with van der Waals surface area (Å²) in [4.78, 5) is 1.39. The molecule has 94 valence electrons. The van der Waals surface area contributed by atoms with E-state index < -0.39 is 0 Å². The summed E-state index contributed by atoms with van der Waals surface area (Å²) >= 11 is 0. The molecular formula is C15H17O2S+. The number of hydrogen-bond acceptors (Lipinski definition) is 2. The standard InChI is InChI=1S/C15H17O2S/c1-16-14-7-6-12-4-2-3-5-13(12)15(14)18-10-8-17-9-11-18/h2-7H,8-11H2,1H3/q+1. The van der Waals surface area contributed by atoms with Crippen molar-refractivity contribution in [2.75, 3.05) is 31.8 Å². The van der Waals surface area contributed by atoms with Crippen LogP contribution in [0.2, 0.25) is 0 Å². The summed E-state index contributed by atoms with van der Waals surface area (Å²) in [6.07, 6.45) is 0. The summed E-state index contributed by atoms with van der Waals surface area (Å²) < 4.78 is 11.0. The maximum atomic E-state index is 5.57. The van der Waals surface area contributed by atoms with Crippen LogP contribution in [0.5, 0.6) is 5.75 Å². The number of fused-ring (bicyclic) bond motifs is 1. The second-order valence-electron chi connectivity index (χ2n) is 4.33. The summed E-state index contributed by atoms with van der Waals surface area (Å²) in [7, 11) is 2.02. The van der Waals surface area contributed by atoms with E-state index in [4.69, 9.17) is 9.47 Å². The van der Waals surface area contributed by atoms with Gasteiger partial charge < -0.3 is 9.47 Å². The number of hydrogen-bond donors (Lipinski definition) is 0. The lowest BCUT2D eigenvalue weighted by Gasteiger charge is -2.17. The normalized spacial score (nSPS) is 16.9. The van der Waals surface area contributed by atoms with Crippen molar-refractivity contribution in [3.05, 3.63) is 36.4 Å². The summed E-state index contributed by atoms with van der Waals surface area (Å²) in [5.41, 5.74) is 0. The van der Waals surface area contributed by atoms with Crippen LogP contribution in [0.3, 0.4) is 0 Å². The first-order chi connectivity index (χ1) is 8.90. The Morgan fingerprint density at radius 3 is 2.61 bits per heavy atom. The van der Waals surface area contributed by atoms with Crippen molar-refractivity contribution in [1.82, 2.24) is 0 Å². The van der Waals surface area contributed by atoms with Gasteiger partial charge in [-0.2, -0.15) is 0 Å². The van der Waals surface area contributed by atoms with Crippen LogP contribution in [-0.2, 0) is 15.6 Å². The molecule has 3 rings (SSSR count). The molecule has 2 nitrogen and oxygen atoms in total. The van der Waals surface area contributed by atoms with E-state index in [1.165, 1.54) is 15.7 Å². The monoisotopic (exact) mass is 261 g/mol. The second-order valence-corrected chi connectivity index (χ2v) is 6.54. The van der Waals surface area contributed by atoms with Crippen molar-refractivity contribution in [3.8, 4) is 5.75 Å². The third-order valence-corrected chi connectivity index (χ3v) is 5.62. The Morgan fingerprint density at radius 1 is 1.06 bits per heavy atom. The SMILES string of the molecule is COc1ccc2ccccc2c1[S+]1CCOCC1. The van der Waals surface area contributed by atoms with Gasteiger partial charge in [-0.05, 0) is 17.5 Å². The van der Waals surface area contributed by atoms with Gasteiger partial charge in [-0.3, -0.25) is 0 Å².